The summed E-state index contributed by atoms with van der Waals surface area (Å²) in [6, 6.07) is 7.73. The molecule has 0 unspecified atom stereocenters. The van der Waals surface area contributed by atoms with E-state index >= 15 is 0 Å². The first-order valence-electron chi connectivity index (χ1n) is 7.03. The fraction of sp³-hybridized carbons (Fsp3) is 0.333. The lowest BCUT2D eigenvalue weighted by Gasteiger charge is -2.30. The van der Waals surface area contributed by atoms with Crippen molar-refractivity contribution in [2.45, 2.75) is 0 Å². The molecule has 22 heavy (non-hydrogen) atoms. The van der Waals surface area contributed by atoms with E-state index in [2.05, 4.69) is 20.2 Å². The van der Waals surface area contributed by atoms with Crippen molar-refractivity contribution >= 4 is 28.8 Å². The molecule has 2 heterocycles. The second-order valence-electron chi connectivity index (χ2n) is 4.79. The minimum absolute atomic E-state index is 0.202. The fourth-order valence-corrected chi connectivity index (χ4v) is 2.58. The Morgan fingerprint density at radius 3 is 2.82 bits per heavy atom. The molecule has 1 aromatic carbocycles. The molecular formula is C15H17ClN4O2. The molecule has 1 saturated heterocycles. The lowest BCUT2D eigenvalue weighted by Crippen LogP contribution is -2.36. The van der Waals surface area contributed by atoms with E-state index in [-0.39, 0.29) is 5.28 Å². The Balaban J connectivity index is 1.90. The van der Waals surface area contributed by atoms with Gasteiger partial charge in [0.25, 0.3) is 0 Å². The maximum atomic E-state index is 5.82. The first-order valence-corrected chi connectivity index (χ1v) is 7.41. The van der Waals surface area contributed by atoms with Crippen LogP contribution in [0.15, 0.2) is 30.5 Å². The van der Waals surface area contributed by atoms with Gasteiger partial charge in [-0.3, -0.25) is 0 Å². The van der Waals surface area contributed by atoms with Gasteiger partial charge in [-0.15, -0.1) is 0 Å². The number of benzene rings is 1. The van der Waals surface area contributed by atoms with Gasteiger partial charge in [0.2, 0.25) is 5.28 Å². The average Bonchev–Trinajstić information content (AvgIpc) is 2.55. The summed E-state index contributed by atoms with van der Waals surface area (Å²) in [7, 11) is 1.66. The molecule has 116 valence electrons. The number of morpholine rings is 1. The molecule has 0 radical (unpaired) electrons. The SMILES string of the molecule is COc1c(Nc2ccnc(Cl)n2)cccc1N1CCOCC1. The molecule has 2 aromatic rings. The Morgan fingerprint density at radius 2 is 2.09 bits per heavy atom. The van der Waals surface area contributed by atoms with Crippen molar-refractivity contribution in [3.05, 3.63) is 35.7 Å². The lowest BCUT2D eigenvalue weighted by molar-refractivity contribution is 0.122. The van der Waals surface area contributed by atoms with Gasteiger partial charge in [-0.25, -0.2) is 9.97 Å². The minimum atomic E-state index is 0.202. The van der Waals surface area contributed by atoms with Gasteiger partial charge < -0.3 is 19.7 Å². The number of halogens is 1. The monoisotopic (exact) mass is 320 g/mol. The molecule has 0 saturated carbocycles. The van der Waals surface area contributed by atoms with Crippen LogP contribution in [0.3, 0.4) is 0 Å². The number of aromatic nitrogens is 2. The summed E-state index contributed by atoms with van der Waals surface area (Å²) in [6.45, 7) is 3.14. The molecule has 1 fully saturated rings. The second kappa shape index (κ2) is 6.81. The third kappa shape index (κ3) is 3.23. The van der Waals surface area contributed by atoms with Crippen LogP contribution in [-0.2, 0) is 4.74 Å². The van der Waals surface area contributed by atoms with E-state index in [1.54, 1.807) is 19.4 Å². The minimum Gasteiger partial charge on any atom is -0.492 e. The van der Waals surface area contributed by atoms with Crippen molar-refractivity contribution in [1.29, 1.82) is 0 Å². The van der Waals surface area contributed by atoms with Gasteiger partial charge in [0, 0.05) is 19.3 Å². The van der Waals surface area contributed by atoms with E-state index in [1.807, 2.05) is 18.2 Å². The summed E-state index contributed by atoms with van der Waals surface area (Å²) in [5.74, 6) is 1.40. The standard InChI is InChI=1S/C15H17ClN4O2/c1-21-14-11(18-13-5-6-17-15(16)19-13)3-2-4-12(14)20-7-9-22-10-8-20/h2-6H,7-10H2,1H3,(H,17,18,19). The summed E-state index contributed by atoms with van der Waals surface area (Å²) in [5, 5.41) is 3.43. The maximum Gasteiger partial charge on any atom is 0.224 e. The number of methoxy groups -OCH3 is 1. The van der Waals surface area contributed by atoms with Crippen LogP contribution in [0.2, 0.25) is 5.28 Å². The normalized spacial score (nSPS) is 14.7. The number of rotatable bonds is 4. The highest BCUT2D eigenvalue weighted by Gasteiger charge is 2.18. The van der Waals surface area contributed by atoms with E-state index in [0.717, 1.165) is 43.4 Å². The Hall–Kier alpha value is -2.05. The molecule has 0 spiro atoms. The van der Waals surface area contributed by atoms with E-state index in [0.29, 0.717) is 5.82 Å². The number of ether oxygens (including phenoxy) is 2. The Morgan fingerprint density at radius 1 is 1.27 bits per heavy atom. The summed E-state index contributed by atoms with van der Waals surface area (Å²) in [6.07, 6.45) is 1.61. The number of nitrogens with one attached hydrogen (secondary N) is 1. The Kier molecular flexibility index (Phi) is 4.60. The summed E-state index contributed by atoms with van der Waals surface area (Å²) >= 11 is 5.82. The van der Waals surface area contributed by atoms with Crippen LogP contribution in [-0.4, -0.2) is 43.4 Å². The van der Waals surface area contributed by atoms with E-state index in [4.69, 9.17) is 21.1 Å². The number of nitrogens with zero attached hydrogens (tertiary/aromatic N) is 3. The summed E-state index contributed by atoms with van der Waals surface area (Å²) in [4.78, 5) is 10.3. The Labute approximate surface area is 134 Å². The van der Waals surface area contributed by atoms with Gasteiger partial charge in [0.05, 0.1) is 31.7 Å². The predicted molar refractivity (Wildman–Crippen MR) is 86.4 cm³/mol. The van der Waals surface area contributed by atoms with Crippen LogP contribution in [0.1, 0.15) is 0 Å². The second-order valence-corrected chi connectivity index (χ2v) is 5.13. The molecule has 0 bridgehead atoms. The number of hydrogen-bond acceptors (Lipinski definition) is 6. The molecular weight excluding hydrogens is 304 g/mol. The largest absolute Gasteiger partial charge is 0.492 e. The van der Waals surface area contributed by atoms with Gasteiger partial charge in [-0.1, -0.05) is 6.07 Å². The van der Waals surface area contributed by atoms with E-state index < -0.39 is 0 Å². The van der Waals surface area contributed by atoms with Crippen molar-refractivity contribution in [1.82, 2.24) is 9.97 Å². The lowest BCUT2D eigenvalue weighted by atomic mass is 10.2. The zero-order chi connectivity index (χ0) is 15.4. The fourth-order valence-electron chi connectivity index (χ4n) is 2.43. The van der Waals surface area contributed by atoms with Crippen LogP contribution >= 0.6 is 11.6 Å². The van der Waals surface area contributed by atoms with E-state index in [9.17, 15) is 0 Å². The topological polar surface area (TPSA) is 59.5 Å². The van der Waals surface area contributed by atoms with Gasteiger partial charge in [0.15, 0.2) is 5.75 Å². The molecule has 1 N–H and O–H groups in total. The molecule has 3 rings (SSSR count). The third-order valence-corrected chi connectivity index (χ3v) is 3.62. The van der Waals surface area contributed by atoms with Crippen LogP contribution in [0.4, 0.5) is 17.2 Å². The molecule has 1 aliphatic rings. The smallest absolute Gasteiger partial charge is 0.224 e. The molecule has 0 aliphatic carbocycles. The van der Waals surface area contributed by atoms with Crippen LogP contribution < -0.4 is 15.0 Å². The van der Waals surface area contributed by atoms with Gasteiger partial charge >= 0.3 is 0 Å². The van der Waals surface area contributed by atoms with Gasteiger partial charge in [-0.05, 0) is 29.8 Å². The molecule has 0 atom stereocenters. The molecule has 0 amide bonds. The zero-order valence-corrected chi connectivity index (χ0v) is 13.0. The highest BCUT2D eigenvalue weighted by molar-refractivity contribution is 6.28. The third-order valence-electron chi connectivity index (χ3n) is 3.44. The predicted octanol–water partition coefficient (Wildman–Crippen LogP) is 2.72. The quantitative estimate of drug-likeness (QED) is 0.874. The number of para-hydroxylation sites is 1. The van der Waals surface area contributed by atoms with Crippen molar-refractivity contribution in [3.63, 3.8) is 0 Å². The highest BCUT2D eigenvalue weighted by Crippen LogP contribution is 2.37. The summed E-state index contributed by atoms with van der Waals surface area (Å²) in [5.41, 5.74) is 1.87. The summed E-state index contributed by atoms with van der Waals surface area (Å²) < 4.78 is 11.0. The first-order chi connectivity index (χ1) is 10.8. The zero-order valence-electron chi connectivity index (χ0n) is 12.3. The molecule has 6 nitrogen and oxygen atoms in total. The van der Waals surface area contributed by atoms with Crippen molar-refractivity contribution in [2.24, 2.45) is 0 Å². The highest BCUT2D eigenvalue weighted by atomic mass is 35.5. The molecule has 7 heteroatoms. The van der Waals surface area contributed by atoms with Crippen molar-refractivity contribution < 1.29 is 9.47 Å². The number of hydrogen-bond donors (Lipinski definition) is 1. The first kappa shape index (κ1) is 14.9. The van der Waals surface area contributed by atoms with Crippen molar-refractivity contribution in [3.8, 4) is 5.75 Å². The van der Waals surface area contributed by atoms with Crippen LogP contribution in [0, 0.1) is 0 Å². The van der Waals surface area contributed by atoms with Crippen LogP contribution in [0.25, 0.3) is 0 Å². The Bertz CT molecular complexity index is 647. The van der Waals surface area contributed by atoms with Gasteiger partial charge in [0.1, 0.15) is 5.82 Å². The maximum absolute atomic E-state index is 5.82. The number of anilines is 3. The van der Waals surface area contributed by atoms with Gasteiger partial charge in [-0.2, -0.15) is 0 Å². The average molecular weight is 321 g/mol. The van der Waals surface area contributed by atoms with E-state index in [1.165, 1.54) is 0 Å². The van der Waals surface area contributed by atoms with Crippen LogP contribution in [0.5, 0.6) is 5.75 Å². The molecule has 1 aliphatic heterocycles. The van der Waals surface area contributed by atoms with Crippen molar-refractivity contribution in [2.75, 3.05) is 43.6 Å². The molecule has 1 aromatic heterocycles.